The molecule has 1 aromatic carbocycles. The number of para-hydroxylation sites is 1. The Morgan fingerprint density at radius 3 is 2.72 bits per heavy atom. The summed E-state index contributed by atoms with van der Waals surface area (Å²) in [6, 6.07) is 5.81. The Hall–Kier alpha value is -1.26. The van der Waals surface area contributed by atoms with Crippen LogP contribution in [0.15, 0.2) is 18.2 Å². The molecule has 2 rings (SSSR count). The van der Waals surface area contributed by atoms with Crippen molar-refractivity contribution in [1.82, 2.24) is 10.3 Å². The molecule has 0 bridgehead atoms. The van der Waals surface area contributed by atoms with Gasteiger partial charge in [0.1, 0.15) is 0 Å². The maximum atomic E-state index is 12.0. The fourth-order valence-electron chi connectivity index (χ4n) is 1.75. The first-order valence-corrected chi connectivity index (χ1v) is 6.83. The molecule has 1 aromatic heterocycles. The smallest absolute Gasteiger partial charge is 0.178 e. The molecule has 18 heavy (non-hydrogen) atoms. The number of carbonyl (C=O) groups excluding carboxylic acids is 1. The predicted molar refractivity (Wildman–Crippen MR) is 76.6 cm³/mol. The van der Waals surface area contributed by atoms with Crippen molar-refractivity contribution in [2.75, 3.05) is 13.6 Å². The van der Waals surface area contributed by atoms with E-state index in [1.54, 1.807) is 18.4 Å². The summed E-state index contributed by atoms with van der Waals surface area (Å²) in [6.45, 7) is 6.76. The van der Waals surface area contributed by atoms with Crippen molar-refractivity contribution in [3.8, 4) is 0 Å². The van der Waals surface area contributed by atoms with Crippen LogP contribution in [0.5, 0.6) is 0 Å². The quantitative estimate of drug-likeness (QED) is 0.865. The Bertz CT molecular complexity index is 581. The summed E-state index contributed by atoms with van der Waals surface area (Å²) < 4.78 is 1.09. The Kier molecular flexibility index (Phi) is 3.50. The van der Waals surface area contributed by atoms with Crippen LogP contribution in [-0.4, -0.2) is 24.4 Å². The molecule has 0 saturated carbocycles. The number of rotatable bonds is 3. The number of fused-ring (bicyclic) bond motifs is 1. The molecule has 0 aliphatic carbocycles. The van der Waals surface area contributed by atoms with Crippen molar-refractivity contribution < 1.29 is 4.79 Å². The van der Waals surface area contributed by atoms with Gasteiger partial charge >= 0.3 is 0 Å². The highest BCUT2D eigenvalue weighted by Crippen LogP contribution is 2.32. The summed E-state index contributed by atoms with van der Waals surface area (Å²) in [7, 11) is 1.78. The second-order valence-corrected chi connectivity index (χ2v) is 6.41. The number of carbonyl (C=O) groups is 1. The van der Waals surface area contributed by atoms with Gasteiger partial charge in [-0.15, -0.1) is 11.3 Å². The summed E-state index contributed by atoms with van der Waals surface area (Å²) >= 11 is 1.67. The Labute approximate surface area is 111 Å². The predicted octanol–water partition coefficient (Wildman–Crippen LogP) is 3.00. The number of hydrogen-bond donors (Lipinski definition) is 1. The van der Waals surface area contributed by atoms with Crippen LogP contribution in [0.2, 0.25) is 0 Å². The van der Waals surface area contributed by atoms with Crippen molar-refractivity contribution >= 4 is 27.3 Å². The molecule has 0 spiro atoms. The molecular formula is C14H18N2OS. The molecule has 0 radical (unpaired) electrons. The fourth-order valence-corrected chi connectivity index (χ4v) is 2.80. The second kappa shape index (κ2) is 4.78. The molecule has 1 heterocycles. The minimum absolute atomic E-state index is 0.0208. The zero-order chi connectivity index (χ0) is 13.3. The van der Waals surface area contributed by atoms with E-state index in [0.29, 0.717) is 12.1 Å². The maximum Gasteiger partial charge on any atom is 0.178 e. The molecule has 0 amide bonds. The van der Waals surface area contributed by atoms with Gasteiger partial charge in [0.15, 0.2) is 5.78 Å². The molecule has 4 heteroatoms. The molecule has 0 atom stereocenters. The number of benzene rings is 1. The Balaban J connectivity index is 2.56. The molecule has 1 N–H and O–H groups in total. The van der Waals surface area contributed by atoms with E-state index in [1.165, 1.54) is 0 Å². The summed E-state index contributed by atoms with van der Waals surface area (Å²) in [5, 5.41) is 3.97. The van der Waals surface area contributed by atoms with E-state index >= 15 is 0 Å². The van der Waals surface area contributed by atoms with Crippen molar-refractivity contribution in [3.63, 3.8) is 0 Å². The summed E-state index contributed by atoms with van der Waals surface area (Å²) in [4.78, 5) is 16.7. The second-order valence-electron chi connectivity index (χ2n) is 5.37. The van der Waals surface area contributed by atoms with Crippen LogP contribution in [0, 0.1) is 0 Å². The van der Waals surface area contributed by atoms with E-state index in [2.05, 4.69) is 31.1 Å². The molecule has 0 aliphatic rings. The van der Waals surface area contributed by atoms with Crippen LogP contribution in [-0.2, 0) is 5.41 Å². The summed E-state index contributed by atoms with van der Waals surface area (Å²) in [5.74, 6) is 0.0915. The van der Waals surface area contributed by atoms with Gasteiger partial charge in [0.2, 0.25) is 0 Å². The number of nitrogens with zero attached hydrogens (tertiary/aromatic N) is 1. The molecule has 0 aliphatic heterocycles. The number of nitrogens with one attached hydrogen (secondary N) is 1. The van der Waals surface area contributed by atoms with Gasteiger partial charge in [-0.05, 0) is 19.2 Å². The van der Waals surface area contributed by atoms with Crippen LogP contribution < -0.4 is 5.32 Å². The topological polar surface area (TPSA) is 42.0 Å². The number of Topliss-reactive ketones (excluding diaryl/α,β-unsaturated/α-hetero) is 1. The molecule has 3 nitrogen and oxygen atoms in total. The normalized spacial score (nSPS) is 12.0. The third kappa shape index (κ3) is 2.44. The van der Waals surface area contributed by atoms with Crippen LogP contribution >= 0.6 is 11.3 Å². The number of hydrogen-bond acceptors (Lipinski definition) is 4. The third-order valence-corrected chi connectivity index (χ3v) is 4.14. The first kappa shape index (κ1) is 13.2. The van der Waals surface area contributed by atoms with E-state index in [4.69, 9.17) is 0 Å². The van der Waals surface area contributed by atoms with E-state index in [0.717, 1.165) is 15.2 Å². The van der Waals surface area contributed by atoms with E-state index in [1.807, 2.05) is 18.2 Å². The fraction of sp³-hybridized carbons (Fsp3) is 0.429. The first-order chi connectivity index (χ1) is 8.43. The highest BCUT2D eigenvalue weighted by molar-refractivity contribution is 7.18. The standard InChI is InChI=1S/C14H18N2OS/c1-14(2,3)13-16-12-9(10(17)8-15-4)6-5-7-11(12)18-13/h5-7,15H,8H2,1-4H3. The van der Waals surface area contributed by atoms with Gasteiger partial charge in [-0.3, -0.25) is 4.79 Å². The molecule has 0 unspecified atom stereocenters. The SMILES string of the molecule is CNCC(=O)c1cccc2sc(C(C)(C)C)nc12. The highest BCUT2D eigenvalue weighted by atomic mass is 32.1. The number of likely N-dealkylation sites (N-methyl/N-ethyl adjacent to an activating group) is 1. The average molecular weight is 262 g/mol. The van der Waals surface area contributed by atoms with Gasteiger partial charge in [-0.25, -0.2) is 4.98 Å². The van der Waals surface area contributed by atoms with Gasteiger partial charge < -0.3 is 5.32 Å². The minimum atomic E-state index is 0.0208. The van der Waals surface area contributed by atoms with Gasteiger partial charge in [-0.2, -0.15) is 0 Å². The minimum Gasteiger partial charge on any atom is -0.313 e. The summed E-state index contributed by atoms with van der Waals surface area (Å²) in [6.07, 6.45) is 0. The number of ketones is 1. The average Bonchev–Trinajstić information content (AvgIpc) is 2.72. The van der Waals surface area contributed by atoms with Gasteiger partial charge in [0.25, 0.3) is 0 Å². The Morgan fingerprint density at radius 2 is 2.11 bits per heavy atom. The monoisotopic (exact) mass is 262 g/mol. The lowest BCUT2D eigenvalue weighted by Gasteiger charge is -2.13. The van der Waals surface area contributed by atoms with Crippen LogP contribution in [0.3, 0.4) is 0 Å². The lowest BCUT2D eigenvalue weighted by atomic mass is 9.98. The van der Waals surface area contributed by atoms with Crippen LogP contribution in [0.4, 0.5) is 0 Å². The zero-order valence-electron chi connectivity index (χ0n) is 11.2. The zero-order valence-corrected chi connectivity index (χ0v) is 12.0. The van der Waals surface area contributed by atoms with E-state index < -0.39 is 0 Å². The molecule has 2 aromatic rings. The highest BCUT2D eigenvalue weighted by Gasteiger charge is 2.21. The lowest BCUT2D eigenvalue weighted by Crippen LogP contribution is -2.18. The molecule has 0 fully saturated rings. The van der Waals surface area contributed by atoms with Gasteiger partial charge in [-0.1, -0.05) is 26.8 Å². The molecular weight excluding hydrogens is 244 g/mol. The molecule has 96 valence electrons. The van der Waals surface area contributed by atoms with Crippen LogP contribution in [0.25, 0.3) is 10.2 Å². The van der Waals surface area contributed by atoms with Crippen molar-refractivity contribution in [3.05, 3.63) is 28.8 Å². The van der Waals surface area contributed by atoms with Crippen molar-refractivity contribution in [2.45, 2.75) is 26.2 Å². The van der Waals surface area contributed by atoms with Gasteiger partial charge in [0.05, 0.1) is 21.8 Å². The molecule has 0 saturated heterocycles. The number of thiazole rings is 1. The summed E-state index contributed by atoms with van der Waals surface area (Å²) in [5.41, 5.74) is 1.58. The lowest BCUT2D eigenvalue weighted by molar-refractivity contribution is 0.0995. The third-order valence-electron chi connectivity index (χ3n) is 2.70. The van der Waals surface area contributed by atoms with Crippen LogP contribution in [0.1, 0.15) is 36.1 Å². The Morgan fingerprint density at radius 1 is 1.39 bits per heavy atom. The largest absolute Gasteiger partial charge is 0.313 e. The first-order valence-electron chi connectivity index (χ1n) is 6.01. The van der Waals surface area contributed by atoms with E-state index in [-0.39, 0.29) is 11.2 Å². The maximum absolute atomic E-state index is 12.0. The van der Waals surface area contributed by atoms with Crippen molar-refractivity contribution in [1.29, 1.82) is 0 Å². The van der Waals surface area contributed by atoms with Gasteiger partial charge in [0, 0.05) is 11.0 Å². The van der Waals surface area contributed by atoms with E-state index in [9.17, 15) is 4.79 Å². The number of aromatic nitrogens is 1. The van der Waals surface area contributed by atoms with Crippen molar-refractivity contribution in [2.24, 2.45) is 0 Å².